The minimum atomic E-state index is 0.889. The normalized spacial score (nSPS) is 11.1. The molecule has 0 saturated heterocycles. The summed E-state index contributed by atoms with van der Waals surface area (Å²) >= 11 is 0. The Morgan fingerprint density at radius 3 is 1.29 bits per heavy atom. The SMILES string of the molecule is c1ccc(-c2nc3ccc4cc(-c5ccc(-c6ccc(N(c7ccccc7)c7ccccc7)cc6)cc5)ccc4c3nc2-c2ccccc2)cc1. The molecule has 9 aromatic rings. The molecule has 0 fully saturated rings. The van der Waals surface area contributed by atoms with Gasteiger partial charge in [-0.3, -0.25) is 0 Å². The van der Waals surface area contributed by atoms with Crippen LogP contribution in [0.25, 0.3) is 66.6 Å². The van der Waals surface area contributed by atoms with Crippen molar-refractivity contribution in [1.82, 2.24) is 9.97 Å². The van der Waals surface area contributed by atoms with Crippen LogP contribution in [-0.4, -0.2) is 9.97 Å². The van der Waals surface area contributed by atoms with Gasteiger partial charge in [0.2, 0.25) is 0 Å². The molecule has 1 heterocycles. The van der Waals surface area contributed by atoms with Gasteiger partial charge in [-0.25, -0.2) is 9.97 Å². The number of fused-ring (bicyclic) bond motifs is 3. The maximum Gasteiger partial charge on any atom is 0.0973 e. The summed E-state index contributed by atoms with van der Waals surface area (Å²) in [4.78, 5) is 12.7. The van der Waals surface area contributed by atoms with Crippen molar-refractivity contribution >= 4 is 38.9 Å². The van der Waals surface area contributed by atoms with Crippen LogP contribution in [0.3, 0.4) is 0 Å². The van der Waals surface area contributed by atoms with Crippen LogP contribution in [0.1, 0.15) is 0 Å². The molecule has 0 saturated carbocycles. The Morgan fingerprint density at radius 1 is 0.314 bits per heavy atom. The Hall–Kier alpha value is -6.84. The molecule has 1 aromatic heterocycles. The average Bonchev–Trinajstić information content (AvgIpc) is 3.22. The minimum absolute atomic E-state index is 0.889. The molecule has 0 atom stereocenters. The second-order valence-corrected chi connectivity index (χ2v) is 12.7. The van der Waals surface area contributed by atoms with Gasteiger partial charge in [0.1, 0.15) is 0 Å². The minimum Gasteiger partial charge on any atom is -0.311 e. The standard InChI is InChI=1S/C48H33N3/c1-5-13-37(14-6-1)46-47(38-15-7-2-8-16-38)50-48-44-31-27-39(33-40(44)28-32-45(48)49-46)36-23-21-34(22-24-36)35-25-29-43(30-26-35)51(41-17-9-3-10-18-41)42-19-11-4-12-20-42/h1-33H. The third kappa shape index (κ3) is 5.92. The Balaban J connectivity index is 1.03. The summed E-state index contributed by atoms with van der Waals surface area (Å²) in [6.07, 6.45) is 0. The van der Waals surface area contributed by atoms with Crippen molar-refractivity contribution in [3.8, 4) is 44.8 Å². The van der Waals surface area contributed by atoms with E-state index in [9.17, 15) is 0 Å². The van der Waals surface area contributed by atoms with E-state index in [0.29, 0.717) is 0 Å². The van der Waals surface area contributed by atoms with Gasteiger partial charge in [0, 0.05) is 33.6 Å². The van der Waals surface area contributed by atoms with Crippen LogP contribution in [-0.2, 0) is 0 Å². The first-order valence-corrected chi connectivity index (χ1v) is 17.2. The zero-order chi connectivity index (χ0) is 34.0. The van der Waals surface area contributed by atoms with Crippen molar-refractivity contribution < 1.29 is 0 Å². The number of rotatable bonds is 7. The zero-order valence-electron chi connectivity index (χ0n) is 27.9. The highest BCUT2D eigenvalue weighted by Crippen LogP contribution is 2.37. The molecule has 0 radical (unpaired) electrons. The van der Waals surface area contributed by atoms with Crippen molar-refractivity contribution in [2.75, 3.05) is 4.90 Å². The van der Waals surface area contributed by atoms with Gasteiger partial charge in [-0.2, -0.15) is 0 Å². The highest BCUT2D eigenvalue weighted by molar-refractivity contribution is 6.06. The largest absolute Gasteiger partial charge is 0.311 e. The van der Waals surface area contributed by atoms with E-state index in [-0.39, 0.29) is 0 Å². The monoisotopic (exact) mass is 651 g/mol. The van der Waals surface area contributed by atoms with Gasteiger partial charge in [0.05, 0.1) is 22.4 Å². The Kier molecular flexibility index (Phi) is 7.84. The molecule has 0 N–H and O–H groups in total. The summed E-state index contributed by atoms with van der Waals surface area (Å²) in [5.41, 5.74) is 13.8. The lowest BCUT2D eigenvalue weighted by molar-refractivity contribution is 1.28. The summed E-state index contributed by atoms with van der Waals surface area (Å²) in [5, 5.41) is 2.24. The van der Waals surface area contributed by atoms with Gasteiger partial charge in [0.25, 0.3) is 0 Å². The number of hydrogen-bond donors (Lipinski definition) is 0. The number of hydrogen-bond acceptors (Lipinski definition) is 3. The van der Waals surface area contributed by atoms with E-state index >= 15 is 0 Å². The first-order chi connectivity index (χ1) is 25.3. The van der Waals surface area contributed by atoms with Gasteiger partial charge >= 0.3 is 0 Å². The van der Waals surface area contributed by atoms with Crippen LogP contribution in [0.5, 0.6) is 0 Å². The Morgan fingerprint density at radius 2 is 0.745 bits per heavy atom. The Labute approximate surface area is 297 Å². The molecule has 0 spiro atoms. The molecule has 0 bridgehead atoms. The maximum absolute atomic E-state index is 5.28. The molecule has 0 amide bonds. The van der Waals surface area contributed by atoms with E-state index in [1.165, 1.54) is 22.3 Å². The van der Waals surface area contributed by atoms with E-state index in [2.05, 4.69) is 181 Å². The summed E-state index contributed by atoms with van der Waals surface area (Å²) < 4.78 is 0. The third-order valence-corrected chi connectivity index (χ3v) is 9.45. The molecule has 0 aliphatic heterocycles. The summed E-state index contributed by atoms with van der Waals surface area (Å²) in [6, 6.07) is 70.2. The second-order valence-electron chi connectivity index (χ2n) is 12.7. The van der Waals surface area contributed by atoms with Gasteiger partial charge < -0.3 is 4.90 Å². The van der Waals surface area contributed by atoms with Crippen LogP contribution in [0.15, 0.2) is 200 Å². The van der Waals surface area contributed by atoms with Gasteiger partial charge in [0.15, 0.2) is 0 Å². The predicted octanol–water partition coefficient (Wildman–Crippen LogP) is 12.9. The first kappa shape index (κ1) is 30.2. The van der Waals surface area contributed by atoms with Crippen LogP contribution < -0.4 is 4.90 Å². The van der Waals surface area contributed by atoms with E-state index in [1.807, 2.05) is 24.3 Å². The van der Waals surface area contributed by atoms with Gasteiger partial charge in [-0.1, -0.05) is 152 Å². The van der Waals surface area contributed by atoms with Crippen molar-refractivity contribution in [3.05, 3.63) is 200 Å². The molecule has 8 aromatic carbocycles. The fourth-order valence-corrected chi connectivity index (χ4v) is 6.88. The van der Waals surface area contributed by atoms with E-state index in [1.54, 1.807) is 0 Å². The summed E-state index contributed by atoms with van der Waals surface area (Å²) in [6.45, 7) is 0. The molecule has 3 heteroatoms. The molecule has 240 valence electrons. The molecule has 9 rings (SSSR count). The maximum atomic E-state index is 5.28. The molecular weight excluding hydrogens is 619 g/mol. The lowest BCUT2D eigenvalue weighted by Gasteiger charge is -2.25. The number of nitrogens with zero attached hydrogens (tertiary/aromatic N) is 3. The summed E-state index contributed by atoms with van der Waals surface area (Å²) in [5.74, 6) is 0. The van der Waals surface area contributed by atoms with Crippen molar-refractivity contribution in [3.63, 3.8) is 0 Å². The van der Waals surface area contributed by atoms with E-state index < -0.39 is 0 Å². The Bertz CT molecular complexity index is 2550. The second kappa shape index (κ2) is 13.2. The van der Waals surface area contributed by atoms with Crippen molar-refractivity contribution in [1.29, 1.82) is 0 Å². The number of anilines is 3. The van der Waals surface area contributed by atoms with Crippen LogP contribution in [0.4, 0.5) is 17.1 Å². The average molecular weight is 652 g/mol. The van der Waals surface area contributed by atoms with Crippen molar-refractivity contribution in [2.24, 2.45) is 0 Å². The number of aromatic nitrogens is 2. The number of para-hydroxylation sites is 2. The zero-order valence-corrected chi connectivity index (χ0v) is 27.9. The molecular formula is C48H33N3. The van der Waals surface area contributed by atoms with Crippen LogP contribution >= 0.6 is 0 Å². The van der Waals surface area contributed by atoms with E-state index in [0.717, 1.165) is 61.4 Å². The van der Waals surface area contributed by atoms with Crippen LogP contribution in [0, 0.1) is 0 Å². The lowest BCUT2D eigenvalue weighted by Crippen LogP contribution is -2.09. The van der Waals surface area contributed by atoms with E-state index in [4.69, 9.17) is 9.97 Å². The number of benzene rings is 8. The quantitative estimate of drug-likeness (QED) is 0.161. The highest BCUT2D eigenvalue weighted by Gasteiger charge is 2.16. The van der Waals surface area contributed by atoms with Gasteiger partial charge in [-0.15, -0.1) is 0 Å². The highest BCUT2D eigenvalue weighted by atomic mass is 15.1. The molecule has 51 heavy (non-hydrogen) atoms. The fraction of sp³-hybridized carbons (Fsp3) is 0. The molecule has 0 aliphatic carbocycles. The van der Waals surface area contributed by atoms with Gasteiger partial charge in [-0.05, 0) is 76.2 Å². The smallest absolute Gasteiger partial charge is 0.0973 e. The topological polar surface area (TPSA) is 29.0 Å². The molecule has 3 nitrogen and oxygen atoms in total. The fourth-order valence-electron chi connectivity index (χ4n) is 6.88. The molecule has 0 aliphatic rings. The lowest BCUT2D eigenvalue weighted by atomic mass is 9.97. The summed E-state index contributed by atoms with van der Waals surface area (Å²) in [7, 11) is 0. The first-order valence-electron chi connectivity index (χ1n) is 17.2. The molecule has 0 unspecified atom stereocenters. The predicted molar refractivity (Wildman–Crippen MR) is 213 cm³/mol. The van der Waals surface area contributed by atoms with Crippen LogP contribution in [0.2, 0.25) is 0 Å². The third-order valence-electron chi connectivity index (χ3n) is 9.45. The van der Waals surface area contributed by atoms with Crippen molar-refractivity contribution in [2.45, 2.75) is 0 Å².